The van der Waals surface area contributed by atoms with Crippen molar-refractivity contribution >= 4 is 17.7 Å². The van der Waals surface area contributed by atoms with Crippen LogP contribution in [0, 0.1) is 5.41 Å². The molecule has 2 rings (SSSR count). The molecule has 2 saturated heterocycles. The quantitative estimate of drug-likeness (QED) is 0.861. The van der Waals surface area contributed by atoms with Gasteiger partial charge in [-0.25, -0.2) is 0 Å². The van der Waals surface area contributed by atoms with Gasteiger partial charge >= 0.3 is 0 Å². The van der Waals surface area contributed by atoms with Crippen molar-refractivity contribution in [3.63, 3.8) is 0 Å². The first-order valence-electron chi connectivity index (χ1n) is 7.83. The molecule has 0 spiro atoms. The molecule has 2 unspecified atom stereocenters. The van der Waals surface area contributed by atoms with Crippen LogP contribution >= 0.6 is 11.8 Å². The Morgan fingerprint density at radius 1 is 1.47 bits per heavy atom. The summed E-state index contributed by atoms with van der Waals surface area (Å²) in [5.74, 6) is 1.54. The fourth-order valence-corrected chi connectivity index (χ4v) is 4.62. The number of carbonyl (C=O) groups excluding carboxylic acids is 1. The summed E-state index contributed by atoms with van der Waals surface area (Å²) in [7, 11) is 0. The normalized spacial score (nSPS) is 32.3. The summed E-state index contributed by atoms with van der Waals surface area (Å²) < 4.78 is 0. The van der Waals surface area contributed by atoms with Crippen LogP contribution in [0.1, 0.15) is 46.0 Å². The highest BCUT2D eigenvalue weighted by molar-refractivity contribution is 8.00. The van der Waals surface area contributed by atoms with Gasteiger partial charge in [-0.2, -0.15) is 11.8 Å². The number of piperidine rings is 1. The molecule has 110 valence electrons. The lowest BCUT2D eigenvalue weighted by atomic mass is 9.75. The number of thioether (sulfide) groups is 1. The third kappa shape index (κ3) is 3.46. The van der Waals surface area contributed by atoms with Crippen LogP contribution in [0.2, 0.25) is 0 Å². The van der Waals surface area contributed by atoms with Crippen molar-refractivity contribution in [2.75, 3.05) is 31.9 Å². The Kier molecular flexibility index (Phi) is 5.58. The minimum Gasteiger partial charge on any atom is -0.340 e. The molecule has 3 nitrogen and oxygen atoms in total. The van der Waals surface area contributed by atoms with Gasteiger partial charge in [0.25, 0.3) is 0 Å². The Labute approximate surface area is 121 Å². The van der Waals surface area contributed by atoms with Crippen LogP contribution < -0.4 is 5.32 Å². The van der Waals surface area contributed by atoms with E-state index in [0.29, 0.717) is 11.2 Å². The van der Waals surface area contributed by atoms with Crippen LogP contribution in [0.25, 0.3) is 0 Å². The largest absolute Gasteiger partial charge is 0.340 e. The van der Waals surface area contributed by atoms with E-state index in [1.165, 1.54) is 6.42 Å². The number of nitrogens with zero attached hydrogens (tertiary/aromatic N) is 1. The highest BCUT2D eigenvalue weighted by Gasteiger charge is 2.42. The van der Waals surface area contributed by atoms with E-state index in [2.05, 4.69) is 24.1 Å². The van der Waals surface area contributed by atoms with E-state index in [1.807, 2.05) is 11.8 Å². The molecule has 0 aliphatic carbocycles. The molecule has 1 N–H and O–H groups in total. The number of rotatable bonds is 4. The van der Waals surface area contributed by atoms with Crippen molar-refractivity contribution in [3.8, 4) is 0 Å². The van der Waals surface area contributed by atoms with E-state index >= 15 is 0 Å². The predicted molar refractivity (Wildman–Crippen MR) is 82.6 cm³/mol. The molecule has 2 heterocycles. The summed E-state index contributed by atoms with van der Waals surface area (Å²) in [6.07, 6.45) is 5.54. The maximum atomic E-state index is 13.0. The van der Waals surface area contributed by atoms with Crippen LogP contribution in [0.5, 0.6) is 0 Å². The lowest BCUT2D eigenvalue weighted by molar-refractivity contribution is -0.143. The predicted octanol–water partition coefficient (Wildman–Crippen LogP) is 2.51. The second-order valence-electron chi connectivity index (χ2n) is 5.96. The molecule has 0 aromatic carbocycles. The fourth-order valence-electron chi connectivity index (χ4n) is 3.44. The minimum atomic E-state index is -0.104. The smallest absolute Gasteiger partial charge is 0.230 e. The summed E-state index contributed by atoms with van der Waals surface area (Å²) in [5.41, 5.74) is -0.104. The average molecular weight is 284 g/mol. The third-order valence-corrected chi connectivity index (χ3v) is 5.91. The van der Waals surface area contributed by atoms with Crippen molar-refractivity contribution in [2.45, 2.75) is 51.2 Å². The number of hydrogen-bond acceptors (Lipinski definition) is 3. The molecule has 19 heavy (non-hydrogen) atoms. The molecule has 2 aliphatic rings. The Morgan fingerprint density at radius 3 is 2.95 bits per heavy atom. The monoisotopic (exact) mass is 284 g/mol. The van der Waals surface area contributed by atoms with Gasteiger partial charge in [0.1, 0.15) is 0 Å². The fraction of sp³-hybridized carbons (Fsp3) is 0.933. The summed E-state index contributed by atoms with van der Waals surface area (Å²) in [6, 6.07) is 0. The van der Waals surface area contributed by atoms with Gasteiger partial charge in [-0.05, 0) is 32.2 Å². The average Bonchev–Trinajstić information content (AvgIpc) is 2.48. The first-order chi connectivity index (χ1) is 9.22. The van der Waals surface area contributed by atoms with Gasteiger partial charge in [0.05, 0.1) is 5.41 Å². The molecular formula is C15H28N2OS. The van der Waals surface area contributed by atoms with Crippen molar-refractivity contribution in [1.29, 1.82) is 0 Å². The van der Waals surface area contributed by atoms with Crippen LogP contribution in [0.15, 0.2) is 0 Å². The van der Waals surface area contributed by atoms with E-state index in [9.17, 15) is 4.79 Å². The van der Waals surface area contributed by atoms with E-state index in [1.54, 1.807) is 0 Å². The molecule has 2 aliphatic heterocycles. The molecule has 2 fully saturated rings. The van der Waals surface area contributed by atoms with Crippen LogP contribution in [-0.2, 0) is 4.79 Å². The molecule has 0 saturated carbocycles. The van der Waals surface area contributed by atoms with E-state index < -0.39 is 0 Å². The van der Waals surface area contributed by atoms with E-state index in [0.717, 1.165) is 57.6 Å². The van der Waals surface area contributed by atoms with Gasteiger partial charge < -0.3 is 10.2 Å². The zero-order valence-corrected chi connectivity index (χ0v) is 13.2. The maximum Gasteiger partial charge on any atom is 0.230 e. The molecule has 0 aromatic rings. The molecule has 2 atom stereocenters. The molecular weight excluding hydrogens is 256 g/mol. The van der Waals surface area contributed by atoms with Gasteiger partial charge in [0.15, 0.2) is 0 Å². The first-order valence-corrected chi connectivity index (χ1v) is 8.88. The van der Waals surface area contributed by atoms with Gasteiger partial charge in [-0.15, -0.1) is 0 Å². The van der Waals surface area contributed by atoms with Gasteiger partial charge in [0, 0.05) is 30.6 Å². The maximum absolute atomic E-state index is 13.0. The van der Waals surface area contributed by atoms with Crippen molar-refractivity contribution < 1.29 is 4.79 Å². The lowest BCUT2D eigenvalue weighted by Crippen LogP contribution is -2.54. The molecule has 0 radical (unpaired) electrons. The van der Waals surface area contributed by atoms with Crippen molar-refractivity contribution in [1.82, 2.24) is 10.2 Å². The number of hydrogen-bond donors (Lipinski definition) is 1. The molecule has 1 amide bonds. The zero-order valence-electron chi connectivity index (χ0n) is 12.4. The van der Waals surface area contributed by atoms with Crippen LogP contribution in [0.4, 0.5) is 0 Å². The highest BCUT2D eigenvalue weighted by Crippen LogP contribution is 2.35. The standard InChI is InChI=1S/C15H28N2OS/c1-3-6-15(7-5-8-16-12-15)14(18)17-9-10-19-13(4-2)11-17/h13,16H,3-12H2,1-2H3. The molecule has 0 aromatic heterocycles. The Hall–Kier alpha value is -0.220. The summed E-state index contributed by atoms with van der Waals surface area (Å²) in [4.78, 5) is 15.2. The lowest BCUT2D eigenvalue weighted by Gasteiger charge is -2.42. The van der Waals surface area contributed by atoms with Gasteiger partial charge in [-0.1, -0.05) is 20.3 Å². The van der Waals surface area contributed by atoms with Crippen molar-refractivity contribution in [3.05, 3.63) is 0 Å². The van der Waals surface area contributed by atoms with E-state index in [-0.39, 0.29) is 5.41 Å². The Balaban J connectivity index is 2.05. The zero-order chi connectivity index (χ0) is 13.7. The Morgan fingerprint density at radius 2 is 2.32 bits per heavy atom. The Bertz CT molecular complexity index is 297. The SMILES string of the molecule is CCCC1(C(=O)N2CCSC(CC)C2)CCCNC1. The summed E-state index contributed by atoms with van der Waals surface area (Å²) in [6.45, 7) is 8.31. The summed E-state index contributed by atoms with van der Waals surface area (Å²) >= 11 is 2.03. The van der Waals surface area contributed by atoms with Gasteiger partial charge in [-0.3, -0.25) is 4.79 Å². The van der Waals surface area contributed by atoms with Gasteiger partial charge in [0.2, 0.25) is 5.91 Å². The van der Waals surface area contributed by atoms with Crippen LogP contribution in [0.3, 0.4) is 0 Å². The van der Waals surface area contributed by atoms with E-state index in [4.69, 9.17) is 0 Å². The van der Waals surface area contributed by atoms with Crippen LogP contribution in [-0.4, -0.2) is 48.0 Å². The minimum absolute atomic E-state index is 0.104. The molecule has 0 bridgehead atoms. The first kappa shape index (κ1) is 15.2. The second kappa shape index (κ2) is 6.98. The highest BCUT2D eigenvalue weighted by atomic mass is 32.2. The van der Waals surface area contributed by atoms with Crippen molar-refractivity contribution in [2.24, 2.45) is 5.41 Å². The number of nitrogens with one attached hydrogen (secondary N) is 1. The number of amides is 1. The molecule has 4 heteroatoms. The second-order valence-corrected chi connectivity index (χ2v) is 7.37. The topological polar surface area (TPSA) is 32.3 Å². The third-order valence-electron chi connectivity index (χ3n) is 4.54. The number of carbonyl (C=O) groups is 1. The summed E-state index contributed by atoms with van der Waals surface area (Å²) in [5, 5.41) is 4.10.